The Morgan fingerprint density at radius 3 is 2.10 bits per heavy atom. The fraction of sp³-hybridized carbons (Fsp3) is 0.435. The summed E-state index contributed by atoms with van der Waals surface area (Å²) in [6.45, 7) is 7.94. The van der Waals surface area contributed by atoms with Gasteiger partial charge < -0.3 is 14.8 Å². The normalized spacial score (nSPS) is 16.2. The highest BCUT2D eigenvalue weighted by Crippen LogP contribution is 2.28. The minimum absolute atomic E-state index is 0.0257. The molecule has 1 heterocycles. The monoisotopic (exact) mass is 397 g/mol. The third-order valence-electron chi connectivity index (χ3n) is 5.28. The summed E-state index contributed by atoms with van der Waals surface area (Å²) >= 11 is 0. The number of carbonyl (C=O) groups excluding carboxylic acids is 1. The van der Waals surface area contributed by atoms with E-state index in [4.69, 9.17) is 9.47 Å². The Morgan fingerprint density at radius 1 is 0.931 bits per heavy atom. The van der Waals surface area contributed by atoms with Gasteiger partial charge in [0.2, 0.25) is 0 Å². The number of rotatable bonds is 8. The lowest BCUT2D eigenvalue weighted by Gasteiger charge is -2.36. The van der Waals surface area contributed by atoms with Gasteiger partial charge in [-0.15, -0.1) is 0 Å². The Morgan fingerprint density at radius 2 is 1.52 bits per heavy atom. The summed E-state index contributed by atoms with van der Waals surface area (Å²) in [5.41, 5.74) is 1.80. The van der Waals surface area contributed by atoms with E-state index in [2.05, 4.69) is 45.4 Å². The van der Waals surface area contributed by atoms with Crippen LogP contribution < -0.4 is 14.8 Å². The van der Waals surface area contributed by atoms with Crippen LogP contribution in [0.25, 0.3) is 0 Å². The zero-order valence-electron chi connectivity index (χ0n) is 17.6. The lowest BCUT2D eigenvalue weighted by Crippen LogP contribution is -2.50. The van der Waals surface area contributed by atoms with Gasteiger partial charge in [0.1, 0.15) is 17.1 Å². The zero-order chi connectivity index (χ0) is 20.6. The van der Waals surface area contributed by atoms with Gasteiger partial charge >= 0.3 is 0 Å². The minimum atomic E-state index is -0.172. The van der Waals surface area contributed by atoms with Crippen LogP contribution in [-0.4, -0.2) is 68.7 Å². The van der Waals surface area contributed by atoms with E-state index in [9.17, 15) is 4.79 Å². The molecule has 1 atom stereocenters. The fourth-order valence-corrected chi connectivity index (χ4v) is 3.78. The van der Waals surface area contributed by atoms with Crippen molar-refractivity contribution in [2.24, 2.45) is 0 Å². The summed E-state index contributed by atoms with van der Waals surface area (Å²) in [5, 5.41) is 3.09. The number of carbonyl (C=O) groups is 1. The predicted octanol–water partition coefficient (Wildman–Crippen LogP) is 2.64. The van der Waals surface area contributed by atoms with Crippen molar-refractivity contribution >= 4 is 5.91 Å². The van der Waals surface area contributed by atoms with Gasteiger partial charge in [-0.2, -0.15) is 0 Å². The van der Waals surface area contributed by atoms with Crippen molar-refractivity contribution in [3.63, 3.8) is 0 Å². The van der Waals surface area contributed by atoms with Gasteiger partial charge in [0.25, 0.3) is 5.91 Å². The first-order valence-corrected chi connectivity index (χ1v) is 10.1. The van der Waals surface area contributed by atoms with Gasteiger partial charge in [-0.1, -0.05) is 36.4 Å². The van der Waals surface area contributed by atoms with Crippen LogP contribution in [0.1, 0.15) is 22.8 Å². The van der Waals surface area contributed by atoms with E-state index in [1.165, 1.54) is 5.56 Å². The lowest BCUT2D eigenvalue weighted by molar-refractivity contribution is 0.0895. The second-order valence-corrected chi connectivity index (χ2v) is 7.47. The molecule has 0 spiro atoms. The first-order chi connectivity index (χ1) is 14.1. The van der Waals surface area contributed by atoms with E-state index >= 15 is 0 Å². The topological polar surface area (TPSA) is 54.0 Å². The van der Waals surface area contributed by atoms with Crippen LogP contribution in [0, 0.1) is 0 Å². The molecule has 0 aromatic heterocycles. The SMILES string of the molecule is COc1cccc(OC)c1C(=O)N[C@@H](C)CN1CCN(Cc2ccccc2)CC1. The van der Waals surface area contributed by atoms with E-state index in [0.717, 1.165) is 39.3 Å². The van der Waals surface area contributed by atoms with E-state index < -0.39 is 0 Å². The van der Waals surface area contributed by atoms with E-state index in [1.807, 2.05) is 13.0 Å². The minimum Gasteiger partial charge on any atom is -0.496 e. The Hall–Kier alpha value is -2.57. The van der Waals surface area contributed by atoms with Gasteiger partial charge in [0, 0.05) is 45.3 Å². The first kappa shape index (κ1) is 21.1. The molecule has 2 aromatic carbocycles. The summed E-state index contributed by atoms with van der Waals surface area (Å²) in [4.78, 5) is 17.7. The maximum atomic E-state index is 12.8. The molecule has 0 radical (unpaired) electrons. The maximum absolute atomic E-state index is 12.8. The third-order valence-corrected chi connectivity index (χ3v) is 5.28. The summed E-state index contributed by atoms with van der Waals surface area (Å²) < 4.78 is 10.7. The number of hydrogen-bond acceptors (Lipinski definition) is 5. The molecule has 6 nitrogen and oxygen atoms in total. The molecule has 2 aromatic rings. The molecule has 0 aliphatic carbocycles. The molecule has 0 bridgehead atoms. The number of ether oxygens (including phenoxy) is 2. The van der Waals surface area contributed by atoms with Crippen LogP contribution in [0.4, 0.5) is 0 Å². The molecule has 1 fully saturated rings. The number of piperazine rings is 1. The average Bonchev–Trinajstić information content (AvgIpc) is 2.75. The van der Waals surface area contributed by atoms with Crippen molar-refractivity contribution in [2.75, 3.05) is 46.9 Å². The van der Waals surface area contributed by atoms with E-state index in [-0.39, 0.29) is 11.9 Å². The highest BCUT2D eigenvalue weighted by atomic mass is 16.5. The summed E-state index contributed by atoms with van der Waals surface area (Å²) in [7, 11) is 3.12. The van der Waals surface area contributed by atoms with Crippen molar-refractivity contribution in [3.05, 3.63) is 59.7 Å². The molecule has 1 aliphatic rings. The smallest absolute Gasteiger partial charge is 0.259 e. The predicted molar refractivity (Wildman–Crippen MR) is 115 cm³/mol. The molecule has 1 amide bonds. The number of benzene rings is 2. The molecule has 3 rings (SSSR count). The standard InChI is InChI=1S/C23H31N3O3/c1-18(24-23(27)22-20(28-2)10-7-11-21(22)29-3)16-25-12-14-26(15-13-25)17-19-8-5-4-6-9-19/h4-11,18H,12-17H2,1-3H3,(H,24,27)/t18-/m0/s1. The average molecular weight is 398 g/mol. The van der Waals surface area contributed by atoms with Crippen molar-refractivity contribution in [3.8, 4) is 11.5 Å². The third kappa shape index (κ3) is 5.71. The quantitative estimate of drug-likeness (QED) is 0.742. The molecule has 6 heteroatoms. The molecular weight excluding hydrogens is 366 g/mol. The lowest BCUT2D eigenvalue weighted by atomic mass is 10.1. The van der Waals surface area contributed by atoms with Gasteiger partial charge in [-0.3, -0.25) is 14.6 Å². The number of nitrogens with zero attached hydrogens (tertiary/aromatic N) is 2. The van der Waals surface area contributed by atoms with Crippen molar-refractivity contribution in [2.45, 2.75) is 19.5 Å². The van der Waals surface area contributed by atoms with Crippen molar-refractivity contribution < 1.29 is 14.3 Å². The highest BCUT2D eigenvalue weighted by molar-refractivity contribution is 5.99. The van der Waals surface area contributed by atoms with Crippen molar-refractivity contribution in [1.82, 2.24) is 15.1 Å². The highest BCUT2D eigenvalue weighted by Gasteiger charge is 2.22. The fourth-order valence-electron chi connectivity index (χ4n) is 3.78. The van der Waals surface area contributed by atoms with Crippen LogP contribution in [0.3, 0.4) is 0 Å². The number of hydrogen-bond donors (Lipinski definition) is 1. The van der Waals surface area contributed by atoms with Gasteiger partial charge in [0.15, 0.2) is 0 Å². The molecule has 0 saturated carbocycles. The molecule has 156 valence electrons. The Balaban J connectivity index is 1.49. The largest absolute Gasteiger partial charge is 0.496 e. The van der Waals surface area contributed by atoms with Crippen LogP contribution in [0.15, 0.2) is 48.5 Å². The number of methoxy groups -OCH3 is 2. The van der Waals surface area contributed by atoms with Gasteiger partial charge in [0.05, 0.1) is 14.2 Å². The number of nitrogens with one attached hydrogen (secondary N) is 1. The van der Waals surface area contributed by atoms with Crippen LogP contribution in [0.5, 0.6) is 11.5 Å². The number of amides is 1. The molecule has 0 unspecified atom stereocenters. The molecule has 1 saturated heterocycles. The second-order valence-electron chi connectivity index (χ2n) is 7.47. The molecular formula is C23H31N3O3. The molecule has 1 aliphatic heterocycles. The van der Waals surface area contributed by atoms with E-state index in [1.54, 1.807) is 26.4 Å². The van der Waals surface area contributed by atoms with E-state index in [0.29, 0.717) is 17.1 Å². The summed E-state index contributed by atoms with van der Waals surface area (Å²) in [6.07, 6.45) is 0. The van der Waals surface area contributed by atoms with Crippen molar-refractivity contribution in [1.29, 1.82) is 0 Å². The second kappa shape index (κ2) is 10.3. The van der Waals surface area contributed by atoms with Crippen LogP contribution in [-0.2, 0) is 6.54 Å². The maximum Gasteiger partial charge on any atom is 0.259 e. The summed E-state index contributed by atoms with van der Waals surface area (Å²) in [6, 6.07) is 16.0. The Bertz CT molecular complexity index is 767. The molecule has 29 heavy (non-hydrogen) atoms. The van der Waals surface area contributed by atoms with Gasteiger partial charge in [-0.25, -0.2) is 0 Å². The Kier molecular flexibility index (Phi) is 7.49. The summed E-state index contributed by atoms with van der Waals surface area (Å²) in [5.74, 6) is 0.863. The zero-order valence-corrected chi connectivity index (χ0v) is 17.6. The van der Waals surface area contributed by atoms with Gasteiger partial charge in [-0.05, 0) is 24.6 Å². The van der Waals surface area contributed by atoms with Crippen LogP contribution >= 0.6 is 0 Å². The van der Waals surface area contributed by atoms with Crippen LogP contribution in [0.2, 0.25) is 0 Å². The Labute approximate surface area is 173 Å². The first-order valence-electron chi connectivity index (χ1n) is 10.1. The molecule has 1 N–H and O–H groups in total.